The number of allylic oxidation sites excluding steroid dienone is 1. The largest absolute Gasteiger partial charge is 0.444 e. The average Bonchev–Trinajstić information content (AvgIpc) is 2.34. The maximum absolute atomic E-state index is 11.9. The van der Waals surface area contributed by atoms with Crippen LogP contribution >= 0.6 is 11.6 Å². The summed E-state index contributed by atoms with van der Waals surface area (Å²) in [5, 5.41) is 10.1. The van der Waals surface area contributed by atoms with Gasteiger partial charge in [-0.1, -0.05) is 11.6 Å². The number of halogens is 1. The quantitative estimate of drug-likeness (QED) is 0.695. The second-order valence-corrected chi connectivity index (χ2v) is 6.20. The third kappa shape index (κ3) is 5.69. The number of nitrogens with zero attached hydrogens (tertiary/aromatic N) is 1. The first-order chi connectivity index (χ1) is 9.19. The summed E-state index contributed by atoms with van der Waals surface area (Å²) >= 11 is 5.45. The lowest BCUT2D eigenvalue weighted by atomic mass is 10.1. The number of piperidine rings is 1. The summed E-state index contributed by atoms with van der Waals surface area (Å²) < 4.78 is 5.33. The van der Waals surface area contributed by atoms with Gasteiger partial charge in [-0.15, -0.1) is 0 Å². The third-order valence-corrected chi connectivity index (χ3v) is 3.09. The van der Waals surface area contributed by atoms with Crippen LogP contribution in [0.2, 0.25) is 0 Å². The Balaban J connectivity index is 2.39. The molecule has 114 valence electrons. The number of likely N-dealkylation sites (tertiary alicyclic amines) is 1. The van der Waals surface area contributed by atoms with Gasteiger partial charge in [-0.05, 0) is 33.6 Å². The topological polar surface area (TPSA) is 91.4 Å². The Morgan fingerprint density at radius 2 is 2.00 bits per heavy atom. The van der Waals surface area contributed by atoms with E-state index >= 15 is 0 Å². The summed E-state index contributed by atoms with van der Waals surface area (Å²) in [5.41, 5.74) is 5.28. The average molecular weight is 303 g/mol. The highest BCUT2D eigenvalue weighted by Gasteiger charge is 2.26. The molecule has 1 fully saturated rings. The number of carbonyl (C=O) groups is 1. The summed E-state index contributed by atoms with van der Waals surface area (Å²) in [5.74, 6) is 0. The van der Waals surface area contributed by atoms with Gasteiger partial charge in [0.2, 0.25) is 0 Å². The van der Waals surface area contributed by atoms with Crippen LogP contribution in [0.4, 0.5) is 4.79 Å². The molecular formula is C13H23ClN4O2. The Hall–Kier alpha value is -1.43. The molecule has 0 saturated carbocycles. The number of ether oxygens (including phenoxy) is 1. The second kappa shape index (κ2) is 6.83. The summed E-state index contributed by atoms with van der Waals surface area (Å²) in [6.45, 7) is 6.84. The Morgan fingerprint density at radius 1 is 1.45 bits per heavy atom. The van der Waals surface area contributed by atoms with Crippen molar-refractivity contribution in [1.82, 2.24) is 10.2 Å². The summed E-state index contributed by atoms with van der Waals surface area (Å²) in [6, 6.07) is 0.225. The van der Waals surface area contributed by atoms with Crippen LogP contribution in [0.25, 0.3) is 0 Å². The molecule has 1 saturated heterocycles. The zero-order valence-corrected chi connectivity index (χ0v) is 13.0. The highest BCUT2D eigenvalue weighted by molar-refractivity contribution is 6.68. The molecule has 1 aliphatic rings. The zero-order chi connectivity index (χ0) is 15.3. The van der Waals surface area contributed by atoms with E-state index in [-0.39, 0.29) is 23.0 Å². The Kier molecular flexibility index (Phi) is 5.68. The van der Waals surface area contributed by atoms with E-state index in [2.05, 4.69) is 5.32 Å². The lowest BCUT2D eigenvalue weighted by Gasteiger charge is -2.33. The number of carbonyl (C=O) groups excluding carboxylic acids is 1. The van der Waals surface area contributed by atoms with Crippen LogP contribution in [-0.2, 0) is 4.74 Å². The van der Waals surface area contributed by atoms with Crippen molar-refractivity contribution in [3.05, 3.63) is 11.9 Å². The van der Waals surface area contributed by atoms with Crippen molar-refractivity contribution >= 4 is 22.9 Å². The Bertz CT molecular complexity index is 396. The molecule has 0 unspecified atom stereocenters. The molecule has 1 heterocycles. The van der Waals surface area contributed by atoms with Crippen LogP contribution in [-0.4, -0.2) is 40.9 Å². The normalized spacial score (nSPS) is 17.8. The van der Waals surface area contributed by atoms with Gasteiger partial charge in [-0.3, -0.25) is 5.41 Å². The highest BCUT2D eigenvalue weighted by Crippen LogP contribution is 2.15. The number of nitrogens with two attached hydrogens (primary N) is 1. The zero-order valence-electron chi connectivity index (χ0n) is 12.2. The fraction of sp³-hybridized carbons (Fsp3) is 0.692. The van der Waals surface area contributed by atoms with Crippen molar-refractivity contribution in [3.8, 4) is 0 Å². The molecule has 0 bridgehead atoms. The maximum Gasteiger partial charge on any atom is 0.410 e. The molecule has 0 spiro atoms. The Labute approximate surface area is 124 Å². The van der Waals surface area contributed by atoms with E-state index in [9.17, 15) is 4.79 Å². The minimum absolute atomic E-state index is 0.177. The molecule has 20 heavy (non-hydrogen) atoms. The minimum atomic E-state index is -0.468. The maximum atomic E-state index is 11.9. The predicted molar refractivity (Wildman–Crippen MR) is 79.8 cm³/mol. The van der Waals surface area contributed by atoms with Gasteiger partial charge in [-0.25, -0.2) is 4.79 Å². The van der Waals surface area contributed by atoms with Crippen LogP contribution in [0.5, 0.6) is 0 Å². The molecule has 0 aliphatic carbocycles. The lowest BCUT2D eigenvalue weighted by molar-refractivity contribution is 0.0201. The van der Waals surface area contributed by atoms with Gasteiger partial charge < -0.3 is 20.7 Å². The van der Waals surface area contributed by atoms with E-state index in [1.54, 1.807) is 11.1 Å². The van der Waals surface area contributed by atoms with Crippen molar-refractivity contribution in [1.29, 1.82) is 5.41 Å². The van der Waals surface area contributed by atoms with Gasteiger partial charge in [0, 0.05) is 25.3 Å². The van der Waals surface area contributed by atoms with Crippen molar-refractivity contribution in [2.24, 2.45) is 5.73 Å². The van der Waals surface area contributed by atoms with Crippen molar-refractivity contribution < 1.29 is 9.53 Å². The van der Waals surface area contributed by atoms with E-state index in [1.165, 1.54) is 0 Å². The molecule has 4 N–H and O–H groups in total. The van der Waals surface area contributed by atoms with Crippen LogP contribution in [0, 0.1) is 5.41 Å². The molecule has 0 aromatic rings. The number of amides is 1. The van der Waals surface area contributed by atoms with Gasteiger partial charge in [0.1, 0.15) is 10.8 Å². The van der Waals surface area contributed by atoms with Gasteiger partial charge >= 0.3 is 6.09 Å². The van der Waals surface area contributed by atoms with Crippen molar-refractivity contribution in [2.45, 2.75) is 45.3 Å². The van der Waals surface area contributed by atoms with Crippen LogP contribution in [0.1, 0.15) is 33.6 Å². The van der Waals surface area contributed by atoms with Gasteiger partial charge in [0.25, 0.3) is 0 Å². The van der Waals surface area contributed by atoms with E-state index in [1.807, 2.05) is 20.8 Å². The van der Waals surface area contributed by atoms with E-state index in [0.29, 0.717) is 13.1 Å². The summed E-state index contributed by atoms with van der Waals surface area (Å²) in [6.07, 6.45) is 2.88. The third-order valence-electron chi connectivity index (χ3n) is 2.87. The van der Waals surface area contributed by atoms with E-state index in [0.717, 1.165) is 12.8 Å². The summed E-state index contributed by atoms with van der Waals surface area (Å²) in [7, 11) is 0. The lowest BCUT2D eigenvalue weighted by Crippen LogP contribution is -2.45. The highest BCUT2D eigenvalue weighted by atomic mass is 35.5. The number of nitrogens with one attached hydrogen (secondary N) is 2. The fourth-order valence-corrected chi connectivity index (χ4v) is 1.88. The molecule has 1 aliphatic heterocycles. The minimum Gasteiger partial charge on any atom is -0.444 e. The van der Waals surface area contributed by atoms with Crippen LogP contribution in [0.15, 0.2) is 11.9 Å². The number of hydrogen-bond acceptors (Lipinski definition) is 5. The van der Waals surface area contributed by atoms with E-state index in [4.69, 9.17) is 27.5 Å². The number of rotatable bonds is 3. The first kappa shape index (κ1) is 16.6. The molecule has 0 aromatic carbocycles. The van der Waals surface area contributed by atoms with Crippen LogP contribution in [0.3, 0.4) is 0 Å². The van der Waals surface area contributed by atoms with Gasteiger partial charge in [0.15, 0.2) is 0 Å². The predicted octanol–water partition coefficient (Wildman–Crippen LogP) is 1.99. The molecule has 0 aromatic heterocycles. The molecular weight excluding hydrogens is 280 g/mol. The first-order valence-electron chi connectivity index (χ1n) is 6.63. The molecule has 1 rings (SSSR count). The SMILES string of the molecule is CC(C)(C)OC(=O)N1CCC(N/C=C(/N)C(=N)Cl)CC1. The standard InChI is InChI=1S/C13H23ClN4O2/c1-13(2,3)20-12(19)18-6-4-9(5-7-18)17-8-10(15)11(14)16/h8-9,16-17H,4-7,15H2,1-3H3/b10-8+,16-11?. The molecule has 0 atom stereocenters. The van der Waals surface area contributed by atoms with Crippen molar-refractivity contribution in [3.63, 3.8) is 0 Å². The van der Waals surface area contributed by atoms with Gasteiger partial charge in [0.05, 0.1) is 5.70 Å². The first-order valence-corrected chi connectivity index (χ1v) is 7.01. The molecule has 6 nitrogen and oxygen atoms in total. The monoisotopic (exact) mass is 302 g/mol. The second-order valence-electron chi connectivity index (χ2n) is 5.82. The Morgan fingerprint density at radius 3 is 2.45 bits per heavy atom. The molecule has 7 heteroatoms. The van der Waals surface area contributed by atoms with Gasteiger partial charge in [-0.2, -0.15) is 0 Å². The summed E-state index contributed by atoms with van der Waals surface area (Å²) in [4.78, 5) is 13.6. The smallest absolute Gasteiger partial charge is 0.410 e. The van der Waals surface area contributed by atoms with Crippen LogP contribution < -0.4 is 11.1 Å². The van der Waals surface area contributed by atoms with Crippen molar-refractivity contribution in [2.75, 3.05) is 13.1 Å². The number of hydrogen-bond donors (Lipinski definition) is 3. The molecule has 0 radical (unpaired) electrons. The molecule has 1 amide bonds. The fourth-order valence-electron chi connectivity index (χ4n) is 1.83. The van der Waals surface area contributed by atoms with E-state index < -0.39 is 5.60 Å².